The van der Waals surface area contributed by atoms with E-state index in [0.717, 1.165) is 28.6 Å². The summed E-state index contributed by atoms with van der Waals surface area (Å²) in [5.74, 6) is 2.31. The third kappa shape index (κ3) is 5.73. The molecular formula is C24H30N2O4S. The number of ether oxygens (including phenoxy) is 3. The minimum Gasteiger partial charge on any atom is -0.494 e. The number of hydrogen-bond acceptors (Lipinski definition) is 6. The summed E-state index contributed by atoms with van der Waals surface area (Å²) >= 11 is 1.52. The van der Waals surface area contributed by atoms with Gasteiger partial charge in [-0.15, -0.1) is 0 Å². The smallest absolute Gasteiger partial charge is 0.242 e. The Morgan fingerprint density at radius 2 is 1.74 bits per heavy atom. The van der Waals surface area contributed by atoms with Crippen LogP contribution in [0.25, 0.3) is 0 Å². The molecule has 1 atom stereocenters. The minimum absolute atomic E-state index is 0.101. The van der Waals surface area contributed by atoms with Gasteiger partial charge in [0.1, 0.15) is 5.75 Å². The molecule has 1 aliphatic heterocycles. The highest BCUT2D eigenvalue weighted by molar-refractivity contribution is 8.15. The van der Waals surface area contributed by atoms with Crippen molar-refractivity contribution in [3.05, 3.63) is 48.0 Å². The summed E-state index contributed by atoms with van der Waals surface area (Å²) in [7, 11) is 1.63. The van der Waals surface area contributed by atoms with Gasteiger partial charge in [0.05, 0.1) is 31.3 Å². The van der Waals surface area contributed by atoms with Crippen LogP contribution < -0.4 is 14.2 Å². The van der Waals surface area contributed by atoms with E-state index in [1.165, 1.54) is 11.8 Å². The molecule has 0 aromatic heterocycles. The second kappa shape index (κ2) is 11.1. The summed E-state index contributed by atoms with van der Waals surface area (Å²) in [6, 6.07) is 13.5. The molecule has 166 valence electrons. The average Bonchev–Trinajstić information content (AvgIpc) is 3.05. The van der Waals surface area contributed by atoms with Gasteiger partial charge in [-0.05, 0) is 68.7 Å². The average molecular weight is 443 g/mol. The molecule has 2 aromatic rings. The maximum Gasteiger partial charge on any atom is 0.242 e. The van der Waals surface area contributed by atoms with Crippen molar-refractivity contribution in [1.82, 2.24) is 4.90 Å². The minimum atomic E-state index is -0.212. The molecule has 2 aromatic carbocycles. The highest BCUT2D eigenvalue weighted by atomic mass is 32.2. The maximum absolute atomic E-state index is 13.1. The highest BCUT2D eigenvalue weighted by Gasteiger charge is 2.37. The molecule has 31 heavy (non-hydrogen) atoms. The number of carbonyl (C=O) groups excluding carboxylic acids is 1. The molecule has 0 spiro atoms. The maximum atomic E-state index is 13.1. The number of rotatable bonds is 10. The van der Waals surface area contributed by atoms with Gasteiger partial charge in [-0.3, -0.25) is 9.69 Å². The molecule has 7 heteroatoms. The molecule has 0 N–H and O–H groups in total. The van der Waals surface area contributed by atoms with E-state index in [-0.39, 0.29) is 11.2 Å². The summed E-state index contributed by atoms with van der Waals surface area (Å²) in [6.45, 7) is 7.82. The van der Waals surface area contributed by atoms with E-state index in [9.17, 15) is 4.79 Å². The largest absolute Gasteiger partial charge is 0.494 e. The van der Waals surface area contributed by atoms with Gasteiger partial charge >= 0.3 is 0 Å². The normalized spacial score (nSPS) is 17.3. The predicted octanol–water partition coefficient (Wildman–Crippen LogP) is 5.08. The Kier molecular flexibility index (Phi) is 8.23. The fraction of sp³-hybridized carbons (Fsp3) is 0.417. The molecule has 1 amide bonds. The van der Waals surface area contributed by atoms with Crippen molar-refractivity contribution in [2.24, 2.45) is 4.99 Å². The third-order valence-electron chi connectivity index (χ3n) is 4.79. The van der Waals surface area contributed by atoms with E-state index in [0.29, 0.717) is 37.7 Å². The van der Waals surface area contributed by atoms with Crippen LogP contribution in [0.1, 0.15) is 32.8 Å². The van der Waals surface area contributed by atoms with E-state index in [4.69, 9.17) is 19.2 Å². The molecule has 3 rings (SSSR count). The van der Waals surface area contributed by atoms with Crippen LogP contribution in [0.3, 0.4) is 0 Å². The van der Waals surface area contributed by atoms with Gasteiger partial charge in [-0.1, -0.05) is 24.8 Å². The Morgan fingerprint density at radius 3 is 2.39 bits per heavy atom. The lowest BCUT2D eigenvalue weighted by Crippen LogP contribution is -2.33. The Hall–Kier alpha value is -2.67. The van der Waals surface area contributed by atoms with Crippen molar-refractivity contribution in [2.45, 2.75) is 38.9 Å². The Labute approximate surface area is 188 Å². The molecule has 1 aliphatic rings. The van der Waals surface area contributed by atoms with Crippen molar-refractivity contribution in [3.8, 4) is 17.2 Å². The van der Waals surface area contributed by atoms with Crippen molar-refractivity contribution >= 4 is 28.5 Å². The van der Waals surface area contributed by atoms with Gasteiger partial charge in [-0.25, -0.2) is 4.99 Å². The SMILES string of the molecule is CCCN1C(=O)[C@@H](Cc2ccc(OCC)c(OC)c2)SC1=Nc1ccc(OCC)cc1. The second-order valence-electron chi connectivity index (χ2n) is 7.04. The van der Waals surface area contributed by atoms with E-state index in [1.807, 2.05) is 56.3 Å². The van der Waals surface area contributed by atoms with Crippen molar-refractivity contribution in [3.63, 3.8) is 0 Å². The second-order valence-corrected chi connectivity index (χ2v) is 8.21. The first-order chi connectivity index (χ1) is 15.1. The molecular weight excluding hydrogens is 412 g/mol. The first kappa shape index (κ1) is 23.0. The van der Waals surface area contributed by atoms with E-state index < -0.39 is 0 Å². The monoisotopic (exact) mass is 442 g/mol. The number of methoxy groups -OCH3 is 1. The van der Waals surface area contributed by atoms with Gasteiger partial charge < -0.3 is 14.2 Å². The van der Waals surface area contributed by atoms with Crippen LogP contribution in [0.4, 0.5) is 5.69 Å². The fourth-order valence-corrected chi connectivity index (χ4v) is 4.60. The molecule has 6 nitrogen and oxygen atoms in total. The topological polar surface area (TPSA) is 60.4 Å². The predicted molar refractivity (Wildman–Crippen MR) is 126 cm³/mol. The number of hydrogen-bond donors (Lipinski definition) is 0. The zero-order valence-corrected chi connectivity index (χ0v) is 19.4. The first-order valence-corrected chi connectivity index (χ1v) is 11.6. The summed E-state index contributed by atoms with van der Waals surface area (Å²) in [4.78, 5) is 19.7. The lowest BCUT2D eigenvalue weighted by molar-refractivity contribution is -0.126. The Morgan fingerprint density at radius 1 is 1.00 bits per heavy atom. The molecule has 1 heterocycles. The number of aliphatic imine (C=N–C) groups is 1. The Bertz CT molecular complexity index is 914. The summed E-state index contributed by atoms with van der Waals surface area (Å²) in [6.07, 6.45) is 1.48. The molecule has 0 aliphatic carbocycles. The number of carbonyl (C=O) groups is 1. The standard InChI is InChI=1S/C24H30N2O4S/c1-5-14-26-23(27)22(16-17-8-13-20(30-7-3)21(15-17)28-4)31-24(26)25-18-9-11-19(12-10-18)29-6-2/h8-13,15,22H,5-7,14,16H2,1-4H3/t22-/m1/s1. The van der Waals surface area contributed by atoms with Gasteiger partial charge in [-0.2, -0.15) is 0 Å². The van der Waals surface area contributed by atoms with Crippen LogP contribution in [-0.4, -0.2) is 48.1 Å². The molecule has 1 fully saturated rings. The number of nitrogens with zero attached hydrogens (tertiary/aromatic N) is 2. The van der Waals surface area contributed by atoms with Crippen LogP contribution in [0.5, 0.6) is 17.2 Å². The van der Waals surface area contributed by atoms with Crippen molar-refractivity contribution in [2.75, 3.05) is 26.9 Å². The van der Waals surface area contributed by atoms with Crippen LogP contribution in [0.2, 0.25) is 0 Å². The van der Waals surface area contributed by atoms with E-state index in [2.05, 4.69) is 6.92 Å². The Balaban J connectivity index is 1.79. The van der Waals surface area contributed by atoms with Crippen LogP contribution in [0, 0.1) is 0 Å². The number of amides is 1. The molecule has 1 saturated heterocycles. The van der Waals surface area contributed by atoms with Gasteiger partial charge in [0.15, 0.2) is 16.7 Å². The number of amidine groups is 1. The zero-order chi connectivity index (χ0) is 22.2. The van der Waals surface area contributed by atoms with Crippen molar-refractivity contribution in [1.29, 1.82) is 0 Å². The first-order valence-electron chi connectivity index (χ1n) is 10.7. The number of benzene rings is 2. The summed E-state index contributed by atoms with van der Waals surface area (Å²) in [5.41, 5.74) is 1.84. The molecule has 0 radical (unpaired) electrons. The lowest BCUT2D eigenvalue weighted by Gasteiger charge is -2.15. The van der Waals surface area contributed by atoms with Gasteiger partial charge in [0, 0.05) is 6.54 Å². The van der Waals surface area contributed by atoms with E-state index in [1.54, 1.807) is 12.0 Å². The van der Waals surface area contributed by atoms with Gasteiger partial charge in [0.2, 0.25) is 5.91 Å². The summed E-state index contributed by atoms with van der Waals surface area (Å²) in [5, 5.41) is 0.537. The van der Waals surface area contributed by atoms with Crippen molar-refractivity contribution < 1.29 is 19.0 Å². The quantitative estimate of drug-likeness (QED) is 0.514. The molecule has 0 saturated carbocycles. The molecule has 0 bridgehead atoms. The van der Waals surface area contributed by atoms with E-state index >= 15 is 0 Å². The third-order valence-corrected chi connectivity index (χ3v) is 5.96. The van der Waals surface area contributed by atoms with Crippen LogP contribution in [-0.2, 0) is 11.2 Å². The van der Waals surface area contributed by atoms with Gasteiger partial charge in [0.25, 0.3) is 0 Å². The number of thioether (sulfide) groups is 1. The van der Waals surface area contributed by atoms with Crippen LogP contribution in [0.15, 0.2) is 47.5 Å². The lowest BCUT2D eigenvalue weighted by atomic mass is 10.1. The summed E-state index contributed by atoms with van der Waals surface area (Å²) < 4.78 is 16.5. The zero-order valence-electron chi connectivity index (χ0n) is 18.6. The van der Waals surface area contributed by atoms with Crippen LogP contribution >= 0.6 is 11.8 Å². The highest BCUT2D eigenvalue weighted by Crippen LogP contribution is 2.34. The molecule has 0 unspecified atom stereocenters. The fourth-order valence-electron chi connectivity index (χ4n) is 3.38.